The van der Waals surface area contributed by atoms with E-state index in [9.17, 15) is 9.90 Å². The largest absolute Gasteiger partial charge is 0.477 e. The SMILES string of the molecule is COCc1nc(N(C)Cc2ccccc2Cl)sc1C(=O)O. The van der Waals surface area contributed by atoms with Gasteiger partial charge in [-0.25, -0.2) is 9.78 Å². The van der Waals surface area contributed by atoms with E-state index >= 15 is 0 Å². The lowest BCUT2D eigenvalue weighted by molar-refractivity contribution is 0.0697. The van der Waals surface area contributed by atoms with E-state index in [0.29, 0.717) is 22.4 Å². The van der Waals surface area contributed by atoms with Gasteiger partial charge in [-0.05, 0) is 11.6 Å². The monoisotopic (exact) mass is 326 g/mol. The van der Waals surface area contributed by atoms with E-state index < -0.39 is 5.97 Å². The number of carboxylic acids is 1. The zero-order valence-electron chi connectivity index (χ0n) is 11.7. The van der Waals surface area contributed by atoms with Crippen LogP contribution in [-0.4, -0.2) is 30.2 Å². The molecule has 112 valence electrons. The fourth-order valence-corrected chi connectivity index (χ4v) is 2.92. The van der Waals surface area contributed by atoms with Crippen LogP contribution in [0.5, 0.6) is 0 Å². The Kier molecular flexibility index (Phi) is 5.17. The van der Waals surface area contributed by atoms with E-state index in [0.717, 1.165) is 16.9 Å². The van der Waals surface area contributed by atoms with Crippen molar-refractivity contribution in [1.82, 2.24) is 4.98 Å². The lowest BCUT2D eigenvalue weighted by atomic mass is 10.2. The smallest absolute Gasteiger partial charge is 0.347 e. The quantitative estimate of drug-likeness (QED) is 0.882. The molecule has 0 bridgehead atoms. The van der Waals surface area contributed by atoms with Gasteiger partial charge < -0.3 is 14.7 Å². The Morgan fingerprint density at radius 3 is 2.81 bits per heavy atom. The molecule has 1 aromatic carbocycles. The maximum absolute atomic E-state index is 11.2. The summed E-state index contributed by atoms with van der Waals surface area (Å²) >= 11 is 7.27. The van der Waals surface area contributed by atoms with Crippen LogP contribution in [0.3, 0.4) is 0 Å². The topological polar surface area (TPSA) is 62.7 Å². The number of hydrogen-bond acceptors (Lipinski definition) is 5. The molecule has 0 spiro atoms. The van der Waals surface area contributed by atoms with Crippen molar-refractivity contribution in [1.29, 1.82) is 0 Å². The molecule has 0 saturated heterocycles. The summed E-state index contributed by atoms with van der Waals surface area (Å²) in [4.78, 5) is 17.6. The van der Waals surface area contributed by atoms with Gasteiger partial charge in [-0.2, -0.15) is 0 Å². The number of halogens is 1. The summed E-state index contributed by atoms with van der Waals surface area (Å²) in [5, 5.41) is 10.5. The minimum Gasteiger partial charge on any atom is -0.477 e. The highest BCUT2D eigenvalue weighted by Crippen LogP contribution is 2.28. The third kappa shape index (κ3) is 3.72. The number of anilines is 1. The van der Waals surface area contributed by atoms with Gasteiger partial charge in [0.1, 0.15) is 4.88 Å². The van der Waals surface area contributed by atoms with Gasteiger partial charge in [-0.3, -0.25) is 0 Å². The van der Waals surface area contributed by atoms with Gasteiger partial charge in [0.2, 0.25) is 0 Å². The van der Waals surface area contributed by atoms with Crippen molar-refractivity contribution in [3.05, 3.63) is 45.4 Å². The van der Waals surface area contributed by atoms with Gasteiger partial charge in [-0.15, -0.1) is 0 Å². The third-order valence-electron chi connectivity index (χ3n) is 2.85. The summed E-state index contributed by atoms with van der Waals surface area (Å²) in [5.74, 6) is -0.989. The molecule has 0 fully saturated rings. The van der Waals surface area contributed by atoms with E-state index in [1.165, 1.54) is 7.11 Å². The highest BCUT2D eigenvalue weighted by atomic mass is 35.5. The van der Waals surface area contributed by atoms with Crippen LogP contribution >= 0.6 is 22.9 Å². The molecule has 1 N–H and O–H groups in total. The lowest BCUT2D eigenvalue weighted by Gasteiger charge is -2.16. The number of hydrogen-bond donors (Lipinski definition) is 1. The Bertz CT molecular complexity index is 645. The zero-order chi connectivity index (χ0) is 15.4. The Balaban J connectivity index is 2.23. The van der Waals surface area contributed by atoms with Crippen LogP contribution in [0, 0.1) is 0 Å². The highest BCUT2D eigenvalue weighted by Gasteiger charge is 2.19. The predicted molar refractivity (Wildman–Crippen MR) is 83.3 cm³/mol. The number of ether oxygens (including phenoxy) is 1. The number of benzene rings is 1. The van der Waals surface area contributed by atoms with Crippen molar-refractivity contribution in [2.24, 2.45) is 0 Å². The molecule has 2 rings (SSSR count). The van der Waals surface area contributed by atoms with E-state index in [1.807, 2.05) is 36.2 Å². The second-order valence-electron chi connectivity index (χ2n) is 4.46. The normalized spacial score (nSPS) is 10.6. The maximum Gasteiger partial charge on any atom is 0.347 e. The summed E-state index contributed by atoms with van der Waals surface area (Å²) in [6.45, 7) is 0.733. The molecule has 7 heteroatoms. The number of carbonyl (C=O) groups is 1. The first-order valence-electron chi connectivity index (χ1n) is 6.19. The van der Waals surface area contributed by atoms with Crippen LogP contribution in [-0.2, 0) is 17.9 Å². The molecular weight excluding hydrogens is 312 g/mol. The van der Waals surface area contributed by atoms with Crippen molar-refractivity contribution in [2.45, 2.75) is 13.2 Å². The fraction of sp³-hybridized carbons (Fsp3) is 0.286. The van der Waals surface area contributed by atoms with Crippen LogP contribution in [0.25, 0.3) is 0 Å². The second kappa shape index (κ2) is 6.89. The third-order valence-corrected chi connectivity index (χ3v) is 4.42. The molecule has 5 nitrogen and oxygen atoms in total. The number of carboxylic acid groups (broad SMARTS) is 1. The van der Waals surface area contributed by atoms with Gasteiger partial charge in [-0.1, -0.05) is 41.1 Å². The first kappa shape index (κ1) is 15.8. The molecule has 0 aliphatic carbocycles. The van der Waals surface area contributed by atoms with Gasteiger partial charge in [0.15, 0.2) is 5.13 Å². The molecule has 0 radical (unpaired) electrons. The maximum atomic E-state index is 11.2. The Morgan fingerprint density at radius 2 is 2.19 bits per heavy atom. The van der Waals surface area contributed by atoms with Gasteiger partial charge >= 0.3 is 5.97 Å². The summed E-state index contributed by atoms with van der Waals surface area (Å²) in [6.07, 6.45) is 0. The van der Waals surface area contributed by atoms with E-state index in [4.69, 9.17) is 16.3 Å². The number of methoxy groups -OCH3 is 1. The number of nitrogens with zero attached hydrogens (tertiary/aromatic N) is 2. The predicted octanol–water partition coefficient (Wildman–Crippen LogP) is 3.28. The minimum absolute atomic E-state index is 0.179. The summed E-state index contributed by atoms with van der Waals surface area (Å²) in [6, 6.07) is 7.54. The van der Waals surface area contributed by atoms with Crippen molar-refractivity contribution in [3.63, 3.8) is 0 Å². The first-order chi connectivity index (χ1) is 10.0. The minimum atomic E-state index is -0.989. The van der Waals surface area contributed by atoms with Crippen LogP contribution in [0.2, 0.25) is 5.02 Å². The van der Waals surface area contributed by atoms with Crippen molar-refractivity contribution in [2.75, 3.05) is 19.1 Å². The molecule has 0 atom stereocenters. The van der Waals surface area contributed by atoms with Crippen LogP contribution in [0.1, 0.15) is 20.9 Å². The fourth-order valence-electron chi connectivity index (χ4n) is 1.85. The van der Waals surface area contributed by atoms with E-state index in [-0.39, 0.29) is 11.5 Å². The van der Waals surface area contributed by atoms with Gasteiger partial charge in [0.25, 0.3) is 0 Å². The number of aromatic carboxylic acids is 1. The average molecular weight is 327 g/mol. The Labute approximate surface area is 131 Å². The number of rotatable bonds is 6. The highest BCUT2D eigenvalue weighted by molar-refractivity contribution is 7.17. The molecule has 1 heterocycles. The second-order valence-corrected chi connectivity index (χ2v) is 5.84. The van der Waals surface area contributed by atoms with Crippen molar-refractivity contribution in [3.8, 4) is 0 Å². The molecule has 0 aliphatic heterocycles. The first-order valence-corrected chi connectivity index (χ1v) is 7.39. The Hall–Kier alpha value is -1.63. The average Bonchev–Trinajstić information content (AvgIpc) is 2.86. The van der Waals surface area contributed by atoms with Gasteiger partial charge in [0.05, 0.1) is 12.3 Å². The molecule has 1 aromatic heterocycles. The van der Waals surface area contributed by atoms with Gasteiger partial charge in [0, 0.05) is 25.7 Å². The van der Waals surface area contributed by atoms with E-state index in [1.54, 1.807) is 0 Å². The van der Waals surface area contributed by atoms with Crippen LogP contribution in [0.4, 0.5) is 5.13 Å². The molecular formula is C14H15ClN2O3S. The zero-order valence-corrected chi connectivity index (χ0v) is 13.2. The molecule has 2 aromatic rings. The lowest BCUT2D eigenvalue weighted by Crippen LogP contribution is -2.16. The molecule has 0 aliphatic rings. The molecule has 0 amide bonds. The van der Waals surface area contributed by atoms with Crippen molar-refractivity contribution >= 4 is 34.0 Å². The summed E-state index contributed by atoms with van der Waals surface area (Å²) in [5.41, 5.74) is 1.40. The van der Waals surface area contributed by atoms with Crippen LogP contribution in [0.15, 0.2) is 24.3 Å². The standard InChI is InChI=1S/C14H15ClN2O3S/c1-17(7-9-5-3-4-6-10(9)15)14-16-11(8-20-2)12(21-14)13(18)19/h3-6H,7-8H2,1-2H3,(H,18,19). The number of aromatic nitrogens is 1. The number of thiazole rings is 1. The molecule has 0 unspecified atom stereocenters. The molecule has 21 heavy (non-hydrogen) atoms. The van der Waals surface area contributed by atoms with Crippen molar-refractivity contribution < 1.29 is 14.6 Å². The molecule has 0 saturated carbocycles. The summed E-state index contributed by atoms with van der Waals surface area (Å²) < 4.78 is 4.99. The summed E-state index contributed by atoms with van der Waals surface area (Å²) in [7, 11) is 3.36. The van der Waals surface area contributed by atoms with E-state index in [2.05, 4.69) is 4.98 Å². The Morgan fingerprint density at radius 1 is 1.48 bits per heavy atom. The van der Waals surface area contributed by atoms with Crippen LogP contribution < -0.4 is 4.90 Å².